The second-order valence-electron chi connectivity index (χ2n) is 10.6. The van der Waals surface area contributed by atoms with Crippen LogP contribution in [-0.2, 0) is 0 Å². The summed E-state index contributed by atoms with van der Waals surface area (Å²) in [6, 6.07) is 4.42. The van der Waals surface area contributed by atoms with Crippen molar-refractivity contribution >= 4 is 17.5 Å². The first-order chi connectivity index (χ1) is 18.0. The van der Waals surface area contributed by atoms with Gasteiger partial charge in [0.1, 0.15) is 17.1 Å². The van der Waals surface area contributed by atoms with Crippen LogP contribution in [0.1, 0.15) is 146 Å². The lowest BCUT2D eigenvalue weighted by Crippen LogP contribution is -2.25. The van der Waals surface area contributed by atoms with E-state index in [0.29, 0.717) is 12.3 Å². The number of benzene rings is 1. The van der Waals surface area contributed by atoms with Gasteiger partial charge in [0.05, 0.1) is 10.6 Å². The van der Waals surface area contributed by atoms with Gasteiger partial charge >= 0.3 is 0 Å². The minimum Gasteiger partial charge on any atom is -0.360 e. The maximum Gasteiger partial charge on any atom is 0.257 e. The van der Waals surface area contributed by atoms with Gasteiger partial charge in [0.25, 0.3) is 5.91 Å². The summed E-state index contributed by atoms with van der Waals surface area (Å²) in [5.41, 5.74) is 0.544. The van der Waals surface area contributed by atoms with Crippen molar-refractivity contribution in [3.05, 3.63) is 40.4 Å². The summed E-state index contributed by atoms with van der Waals surface area (Å²) in [6.07, 6.45) is 21.0. The number of unbranched alkanes of at least 4 members (excludes halogenated alkanes) is 15. The van der Waals surface area contributed by atoms with E-state index in [-0.39, 0.29) is 33.7 Å². The Hall–Kier alpha value is -1.88. The highest BCUT2D eigenvalue weighted by atomic mass is 35.5. The lowest BCUT2D eigenvalue weighted by atomic mass is 10.00. The molecule has 1 heterocycles. The summed E-state index contributed by atoms with van der Waals surface area (Å²) in [4.78, 5) is 13.0. The van der Waals surface area contributed by atoms with Crippen molar-refractivity contribution in [1.82, 2.24) is 10.5 Å². The van der Waals surface area contributed by atoms with E-state index in [1.807, 2.05) is 13.8 Å². The van der Waals surface area contributed by atoms with E-state index in [1.54, 1.807) is 6.07 Å². The molecule has 0 atom stereocenters. The molecule has 0 bridgehead atoms. The van der Waals surface area contributed by atoms with Crippen molar-refractivity contribution in [2.75, 3.05) is 6.54 Å². The van der Waals surface area contributed by atoms with Crippen molar-refractivity contribution in [1.29, 1.82) is 0 Å². The van der Waals surface area contributed by atoms with Crippen LogP contribution in [-0.4, -0.2) is 17.6 Å². The molecule has 0 aliphatic carbocycles. The number of carbonyl (C=O) groups excluding carboxylic acids is 1. The van der Waals surface area contributed by atoms with Gasteiger partial charge < -0.3 is 9.84 Å². The van der Waals surface area contributed by atoms with Crippen LogP contribution in [0.2, 0.25) is 5.02 Å². The van der Waals surface area contributed by atoms with Crippen LogP contribution in [0.5, 0.6) is 0 Å². The number of aromatic nitrogens is 1. The molecule has 0 fully saturated rings. The standard InChI is InChI=1S/C31H48ClFN2O2/c1-4-5-6-7-8-9-10-11-12-13-14-15-16-17-18-19-23-34-31(36)28-29(35-37-30(28)24(2)3)27-25(32)21-20-22-26(27)33/h20-22,24H,4-19,23H2,1-3H3,(H,34,36). The van der Waals surface area contributed by atoms with E-state index in [9.17, 15) is 9.18 Å². The Labute approximate surface area is 229 Å². The highest BCUT2D eigenvalue weighted by molar-refractivity contribution is 6.33. The first-order valence-electron chi connectivity index (χ1n) is 14.7. The van der Waals surface area contributed by atoms with Gasteiger partial charge in [-0.15, -0.1) is 0 Å². The van der Waals surface area contributed by atoms with Gasteiger partial charge in [-0.3, -0.25) is 4.79 Å². The summed E-state index contributed by atoms with van der Waals surface area (Å²) in [7, 11) is 0. The number of rotatable bonds is 20. The largest absolute Gasteiger partial charge is 0.360 e. The Bertz CT molecular complexity index is 892. The zero-order valence-electron chi connectivity index (χ0n) is 23.3. The normalized spacial score (nSPS) is 11.4. The molecule has 0 saturated carbocycles. The number of hydrogen-bond donors (Lipinski definition) is 1. The van der Waals surface area contributed by atoms with E-state index in [4.69, 9.17) is 16.1 Å². The minimum absolute atomic E-state index is 0.0666. The van der Waals surface area contributed by atoms with E-state index < -0.39 is 5.82 Å². The lowest BCUT2D eigenvalue weighted by Gasteiger charge is -2.09. The lowest BCUT2D eigenvalue weighted by molar-refractivity contribution is 0.0951. The second kappa shape index (κ2) is 18.4. The Kier molecular flexibility index (Phi) is 15.6. The Balaban J connectivity index is 1.61. The first kappa shape index (κ1) is 31.3. The van der Waals surface area contributed by atoms with Gasteiger partial charge in [0.15, 0.2) is 5.76 Å². The van der Waals surface area contributed by atoms with Gasteiger partial charge in [-0.1, -0.05) is 140 Å². The van der Waals surface area contributed by atoms with Crippen LogP contribution in [0, 0.1) is 5.82 Å². The van der Waals surface area contributed by atoms with Gasteiger partial charge in [-0.05, 0) is 18.6 Å². The molecule has 1 amide bonds. The van der Waals surface area contributed by atoms with Crippen molar-refractivity contribution < 1.29 is 13.7 Å². The fraction of sp³-hybridized carbons (Fsp3) is 0.677. The number of hydrogen-bond acceptors (Lipinski definition) is 3. The third kappa shape index (κ3) is 11.2. The Morgan fingerprint density at radius 1 is 0.892 bits per heavy atom. The minimum atomic E-state index is -0.525. The van der Waals surface area contributed by atoms with Crippen LogP contribution < -0.4 is 5.32 Å². The molecule has 0 unspecified atom stereocenters. The van der Waals surface area contributed by atoms with Crippen LogP contribution in [0.15, 0.2) is 22.7 Å². The molecule has 0 radical (unpaired) electrons. The predicted octanol–water partition coefficient (Wildman–Crippen LogP) is 10.2. The summed E-state index contributed by atoms with van der Waals surface area (Å²) in [5.74, 6) is -0.440. The third-order valence-electron chi connectivity index (χ3n) is 6.99. The van der Waals surface area contributed by atoms with E-state index in [1.165, 1.54) is 102 Å². The Morgan fingerprint density at radius 3 is 1.89 bits per heavy atom. The molecule has 4 nitrogen and oxygen atoms in total. The van der Waals surface area contributed by atoms with Gasteiger partial charge in [-0.25, -0.2) is 4.39 Å². The molecule has 0 spiro atoms. The van der Waals surface area contributed by atoms with Gasteiger partial charge in [0, 0.05) is 12.5 Å². The predicted molar refractivity (Wildman–Crippen MR) is 153 cm³/mol. The van der Waals surface area contributed by atoms with Crippen LogP contribution >= 0.6 is 11.6 Å². The molecular weight excluding hydrogens is 487 g/mol. The molecule has 0 aliphatic heterocycles. The number of amides is 1. The van der Waals surface area contributed by atoms with Crippen LogP contribution in [0.4, 0.5) is 4.39 Å². The van der Waals surface area contributed by atoms with Crippen LogP contribution in [0.3, 0.4) is 0 Å². The molecular formula is C31H48ClFN2O2. The molecule has 6 heteroatoms. The van der Waals surface area contributed by atoms with Crippen LogP contribution in [0.25, 0.3) is 11.3 Å². The highest BCUT2D eigenvalue weighted by Gasteiger charge is 2.28. The van der Waals surface area contributed by atoms with Crippen molar-refractivity contribution in [3.8, 4) is 11.3 Å². The van der Waals surface area contributed by atoms with Gasteiger partial charge in [-0.2, -0.15) is 0 Å². The van der Waals surface area contributed by atoms with E-state index in [2.05, 4.69) is 17.4 Å². The molecule has 0 saturated heterocycles. The molecule has 2 rings (SSSR count). The SMILES string of the molecule is CCCCCCCCCCCCCCCCCCNC(=O)c1c(-c2c(F)cccc2Cl)noc1C(C)C. The molecule has 2 aromatic rings. The number of carbonyl (C=O) groups is 1. The first-order valence-corrected chi connectivity index (χ1v) is 15.1. The van der Waals surface area contributed by atoms with Crippen molar-refractivity contribution in [3.63, 3.8) is 0 Å². The monoisotopic (exact) mass is 534 g/mol. The third-order valence-corrected chi connectivity index (χ3v) is 7.30. The molecule has 37 heavy (non-hydrogen) atoms. The zero-order chi connectivity index (χ0) is 26.9. The molecule has 1 N–H and O–H groups in total. The average molecular weight is 535 g/mol. The summed E-state index contributed by atoms with van der Waals surface area (Å²) in [6.45, 7) is 6.68. The second-order valence-corrected chi connectivity index (χ2v) is 11.0. The van der Waals surface area contributed by atoms with Crippen molar-refractivity contribution in [2.24, 2.45) is 0 Å². The zero-order valence-corrected chi connectivity index (χ0v) is 24.1. The highest BCUT2D eigenvalue weighted by Crippen LogP contribution is 2.35. The molecule has 1 aromatic heterocycles. The fourth-order valence-corrected chi connectivity index (χ4v) is 5.03. The fourth-order valence-electron chi connectivity index (χ4n) is 4.77. The summed E-state index contributed by atoms with van der Waals surface area (Å²) in [5, 5.41) is 7.20. The van der Waals surface area contributed by atoms with E-state index in [0.717, 1.165) is 12.8 Å². The maximum atomic E-state index is 14.5. The van der Waals surface area contributed by atoms with Gasteiger partial charge in [0.2, 0.25) is 0 Å². The summed E-state index contributed by atoms with van der Waals surface area (Å²) >= 11 is 6.23. The average Bonchev–Trinajstić information content (AvgIpc) is 3.31. The maximum absolute atomic E-state index is 14.5. The number of nitrogens with zero attached hydrogens (tertiary/aromatic N) is 1. The van der Waals surface area contributed by atoms with E-state index >= 15 is 0 Å². The quantitative estimate of drug-likeness (QED) is 0.172. The number of nitrogens with one attached hydrogen (secondary N) is 1. The Morgan fingerprint density at radius 2 is 1.41 bits per heavy atom. The summed E-state index contributed by atoms with van der Waals surface area (Å²) < 4.78 is 20.0. The number of halogens is 2. The van der Waals surface area contributed by atoms with Crippen molar-refractivity contribution in [2.45, 2.75) is 129 Å². The molecule has 1 aromatic carbocycles. The molecule has 208 valence electrons. The smallest absolute Gasteiger partial charge is 0.257 e. The molecule has 0 aliphatic rings. The topological polar surface area (TPSA) is 55.1 Å².